The summed E-state index contributed by atoms with van der Waals surface area (Å²) in [4.78, 5) is 0. The van der Waals surface area contributed by atoms with Crippen LogP contribution >= 0.6 is 0 Å². The van der Waals surface area contributed by atoms with Gasteiger partial charge in [-0.1, -0.05) is 40.5 Å². The topological polar surface area (TPSA) is 40.5 Å². The predicted molar refractivity (Wildman–Crippen MR) is 134 cm³/mol. The van der Waals surface area contributed by atoms with Crippen LogP contribution in [0, 0.1) is 46.3 Å². The molecule has 0 amide bonds. The van der Waals surface area contributed by atoms with E-state index in [0.717, 1.165) is 67.6 Å². The van der Waals surface area contributed by atoms with Crippen LogP contribution in [0.15, 0.2) is 0 Å². The third-order valence-electron chi connectivity index (χ3n) is 11.9. The molecule has 4 saturated carbocycles. The zero-order valence-corrected chi connectivity index (χ0v) is 22.3. The normalized spacial score (nSPS) is 48.9. The van der Waals surface area contributed by atoms with Crippen molar-refractivity contribution in [2.24, 2.45) is 46.3 Å². The molecule has 186 valence electrons. The molecule has 0 heterocycles. The fraction of sp³-hybridized carbons (Fsp3) is 1.00. The van der Waals surface area contributed by atoms with Crippen LogP contribution in [0.1, 0.15) is 131 Å². The lowest BCUT2D eigenvalue weighted by Gasteiger charge is -2.62. The number of rotatable bonds is 7. The molecule has 2 nitrogen and oxygen atoms in total. The van der Waals surface area contributed by atoms with Gasteiger partial charge < -0.3 is 10.2 Å². The fourth-order valence-corrected chi connectivity index (χ4v) is 9.83. The third-order valence-corrected chi connectivity index (χ3v) is 11.9. The Morgan fingerprint density at radius 2 is 1.62 bits per heavy atom. The highest BCUT2D eigenvalue weighted by Gasteiger charge is 2.61. The minimum absolute atomic E-state index is 0.424. The first kappa shape index (κ1) is 25.0. The Bertz CT molecular complexity index is 653. The van der Waals surface area contributed by atoms with Gasteiger partial charge in [0.25, 0.3) is 0 Å². The molecule has 0 aromatic rings. The zero-order valence-electron chi connectivity index (χ0n) is 22.3. The molecule has 32 heavy (non-hydrogen) atoms. The van der Waals surface area contributed by atoms with Crippen molar-refractivity contribution in [3.8, 4) is 0 Å². The smallest absolute Gasteiger partial charge is 0.0622 e. The second-order valence-electron chi connectivity index (χ2n) is 14.2. The highest BCUT2D eigenvalue weighted by molar-refractivity contribution is 5.10. The summed E-state index contributed by atoms with van der Waals surface area (Å²) in [5, 5.41) is 21.6. The summed E-state index contributed by atoms with van der Waals surface area (Å²) < 4.78 is 0. The average molecular weight is 447 g/mol. The van der Waals surface area contributed by atoms with Crippen LogP contribution in [0.4, 0.5) is 0 Å². The van der Waals surface area contributed by atoms with Crippen molar-refractivity contribution in [1.29, 1.82) is 0 Å². The van der Waals surface area contributed by atoms with Crippen LogP contribution in [0.2, 0.25) is 0 Å². The Kier molecular flexibility index (Phi) is 6.92. The molecule has 0 aliphatic heterocycles. The maximum atomic E-state index is 10.8. The van der Waals surface area contributed by atoms with Gasteiger partial charge in [-0.25, -0.2) is 0 Å². The highest BCUT2D eigenvalue weighted by Crippen LogP contribution is 2.68. The molecule has 4 rings (SSSR count). The summed E-state index contributed by atoms with van der Waals surface area (Å²) >= 11 is 0. The van der Waals surface area contributed by atoms with Crippen molar-refractivity contribution in [3.63, 3.8) is 0 Å². The van der Waals surface area contributed by atoms with Gasteiger partial charge in [0, 0.05) is 0 Å². The van der Waals surface area contributed by atoms with Crippen molar-refractivity contribution in [2.45, 2.75) is 143 Å². The van der Waals surface area contributed by atoms with Crippen LogP contribution in [0.25, 0.3) is 0 Å². The first-order valence-corrected chi connectivity index (χ1v) is 14.4. The monoisotopic (exact) mass is 446 g/mol. The average Bonchev–Trinajstić information content (AvgIpc) is 3.08. The van der Waals surface area contributed by atoms with E-state index in [-0.39, 0.29) is 0 Å². The Morgan fingerprint density at radius 1 is 0.906 bits per heavy atom. The van der Waals surface area contributed by atoms with Crippen molar-refractivity contribution in [1.82, 2.24) is 0 Å². The molecule has 0 aromatic carbocycles. The van der Waals surface area contributed by atoms with Gasteiger partial charge in [0.15, 0.2) is 0 Å². The van der Waals surface area contributed by atoms with E-state index in [1.54, 1.807) is 0 Å². The third kappa shape index (κ3) is 4.46. The molecular weight excluding hydrogens is 392 g/mol. The lowest BCUT2D eigenvalue weighted by atomic mass is 9.43. The van der Waals surface area contributed by atoms with Gasteiger partial charge in [0.1, 0.15) is 0 Å². The van der Waals surface area contributed by atoms with E-state index in [1.807, 2.05) is 0 Å². The van der Waals surface area contributed by atoms with Gasteiger partial charge in [-0.2, -0.15) is 0 Å². The summed E-state index contributed by atoms with van der Waals surface area (Å²) in [6, 6.07) is 0. The quantitative estimate of drug-likeness (QED) is 0.419. The number of unbranched alkanes of at least 4 members (excludes halogenated alkanes) is 1. The molecule has 2 N–H and O–H groups in total. The highest BCUT2D eigenvalue weighted by atomic mass is 16.3. The van der Waals surface area contributed by atoms with Gasteiger partial charge in [-0.3, -0.25) is 0 Å². The SMILES string of the molecule is CCCC[C@@](C)(O)CC[C@@H](C)[C@H]1CC[C@H]2[C@@H]3CC[C@H]4C[C@@](C)(O)CC[C@]4(C)[C@H]3CC[C@]12C. The van der Waals surface area contributed by atoms with Gasteiger partial charge in [-0.05, 0) is 137 Å². The molecule has 2 heteroatoms. The molecule has 0 bridgehead atoms. The summed E-state index contributed by atoms with van der Waals surface area (Å²) in [5.41, 5.74) is 0.0792. The number of hydrogen-bond acceptors (Lipinski definition) is 2. The van der Waals surface area contributed by atoms with Crippen molar-refractivity contribution in [2.75, 3.05) is 0 Å². The van der Waals surface area contributed by atoms with E-state index in [0.29, 0.717) is 10.8 Å². The molecular formula is C30H54O2. The molecule has 4 aliphatic carbocycles. The maximum Gasteiger partial charge on any atom is 0.0622 e. The van der Waals surface area contributed by atoms with E-state index in [9.17, 15) is 10.2 Å². The molecule has 0 aromatic heterocycles. The van der Waals surface area contributed by atoms with Crippen LogP contribution in [0.3, 0.4) is 0 Å². The summed E-state index contributed by atoms with van der Waals surface area (Å²) in [5.74, 6) is 5.02. The fourth-order valence-electron chi connectivity index (χ4n) is 9.83. The molecule has 0 unspecified atom stereocenters. The standard InChI is InChI=1S/C30H54O2/c1-7-8-15-27(3,31)16-13-21(2)24-11-12-25-23-10-9-22-20-28(4,32)18-19-29(22,5)26(23)14-17-30(24,25)6/h21-26,31-32H,7-20H2,1-6H3/t21-,22+,23+,24-,25+,26+,27-,28+,29+,30-/m1/s1. The summed E-state index contributed by atoms with van der Waals surface area (Å²) in [6.07, 6.45) is 17.2. The first-order valence-electron chi connectivity index (χ1n) is 14.4. The minimum atomic E-state index is -0.476. The van der Waals surface area contributed by atoms with Crippen molar-refractivity contribution < 1.29 is 10.2 Å². The van der Waals surface area contributed by atoms with Crippen molar-refractivity contribution >= 4 is 0 Å². The Morgan fingerprint density at radius 3 is 2.34 bits per heavy atom. The molecule has 0 saturated heterocycles. The second kappa shape index (κ2) is 8.85. The molecule has 10 atom stereocenters. The number of hydrogen-bond donors (Lipinski definition) is 2. The van der Waals surface area contributed by atoms with Crippen LogP contribution < -0.4 is 0 Å². The number of aliphatic hydroxyl groups is 2. The van der Waals surface area contributed by atoms with E-state index >= 15 is 0 Å². The van der Waals surface area contributed by atoms with Crippen molar-refractivity contribution in [3.05, 3.63) is 0 Å². The lowest BCUT2D eigenvalue weighted by molar-refractivity contribution is -0.148. The molecule has 0 radical (unpaired) electrons. The maximum absolute atomic E-state index is 10.8. The molecule has 0 spiro atoms. The Balaban J connectivity index is 1.43. The molecule has 4 fully saturated rings. The van der Waals surface area contributed by atoms with Crippen LogP contribution in [0.5, 0.6) is 0 Å². The van der Waals surface area contributed by atoms with Gasteiger partial charge in [0.2, 0.25) is 0 Å². The Hall–Kier alpha value is -0.0800. The van der Waals surface area contributed by atoms with Gasteiger partial charge >= 0.3 is 0 Å². The summed E-state index contributed by atoms with van der Waals surface area (Å²) in [7, 11) is 0. The summed E-state index contributed by atoms with van der Waals surface area (Å²) in [6.45, 7) is 14.1. The largest absolute Gasteiger partial charge is 0.390 e. The van der Waals surface area contributed by atoms with E-state index in [4.69, 9.17) is 0 Å². The van der Waals surface area contributed by atoms with E-state index in [2.05, 4.69) is 41.5 Å². The minimum Gasteiger partial charge on any atom is -0.390 e. The second-order valence-corrected chi connectivity index (χ2v) is 14.2. The van der Waals surface area contributed by atoms with Gasteiger partial charge in [-0.15, -0.1) is 0 Å². The van der Waals surface area contributed by atoms with E-state index < -0.39 is 11.2 Å². The Labute approximate surface area is 199 Å². The predicted octanol–water partition coefficient (Wildman–Crippen LogP) is 7.75. The van der Waals surface area contributed by atoms with Crippen LogP contribution in [-0.4, -0.2) is 21.4 Å². The van der Waals surface area contributed by atoms with E-state index in [1.165, 1.54) is 57.8 Å². The molecule has 4 aliphatic rings. The first-order chi connectivity index (χ1) is 14.9. The lowest BCUT2D eigenvalue weighted by Crippen LogP contribution is -2.55. The number of fused-ring (bicyclic) bond motifs is 5. The van der Waals surface area contributed by atoms with Crippen LogP contribution in [-0.2, 0) is 0 Å². The van der Waals surface area contributed by atoms with Gasteiger partial charge in [0.05, 0.1) is 11.2 Å². The zero-order chi connectivity index (χ0) is 23.4.